The molecule has 1 aromatic carbocycles. The molecule has 0 spiro atoms. The summed E-state index contributed by atoms with van der Waals surface area (Å²) in [5.74, 6) is -0.336. The maximum absolute atomic E-state index is 11.4. The van der Waals surface area contributed by atoms with Crippen molar-refractivity contribution in [1.29, 1.82) is 0 Å². The number of benzene rings is 1. The highest BCUT2D eigenvalue weighted by Crippen LogP contribution is 2.14. The number of esters is 1. The summed E-state index contributed by atoms with van der Waals surface area (Å²) in [4.78, 5) is 15.7. The van der Waals surface area contributed by atoms with Crippen LogP contribution >= 0.6 is 11.3 Å². The molecular weight excluding hydrogens is 234 g/mol. The lowest BCUT2D eigenvalue weighted by Crippen LogP contribution is -2.04. The van der Waals surface area contributed by atoms with Crippen LogP contribution in [-0.4, -0.2) is 17.6 Å². The molecule has 2 rings (SSSR count). The van der Waals surface area contributed by atoms with Crippen molar-refractivity contribution < 1.29 is 9.53 Å². The number of carbonyl (C=O) groups excluding carboxylic acids is 1. The van der Waals surface area contributed by atoms with Crippen molar-refractivity contribution in [2.24, 2.45) is 0 Å². The average Bonchev–Trinajstić information content (AvgIpc) is 2.79. The quantitative estimate of drug-likeness (QED) is 0.780. The van der Waals surface area contributed by atoms with Gasteiger partial charge in [-0.25, -0.2) is 9.78 Å². The van der Waals surface area contributed by atoms with Crippen molar-refractivity contribution in [2.45, 2.75) is 13.3 Å². The molecule has 0 saturated heterocycles. The molecule has 0 aliphatic heterocycles. The van der Waals surface area contributed by atoms with Gasteiger partial charge >= 0.3 is 5.97 Å². The Hall–Kier alpha value is -1.68. The van der Waals surface area contributed by atoms with Crippen LogP contribution in [0.1, 0.15) is 28.0 Å². The second-order valence-corrected chi connectivity index (χ2v) is 4.38. The Morgan fingerprint density at radius 2 is 2.12 bits per heavy atom. The molecule has 0 N–H and O–H groups in total. The van der Waals surface area contributed by atoms with Crippen LogP contribution in [0.4, 0.5) is 0 Å². The van der Waals surface area contributed by atoms with E-state index >= 15 is 0 Å². The predicted molar refractivity (Wildman–Crippen MR) is 67.3 cm³/mol. The SMILES string of the molecule is CCOC(=O)c1nc(Cc2ccccc2)cs1. The molecule has 4 heteroatoms. The normalized spacial score (nSPS) is 10.2. The van der Waals surface area contributed by atoms with Crippen molar-refractivity contribution in [1.82, 2.24) is 4.98 Å². The van der Waals surface area contributed by atoms with Gasteiger partial charge in [0.05, 0.1) is 12.3 Å². The summed E-state index contributed by atoms with van der Waals surface area (Å²) < 4.78 is 4.90. The van der Waals surface area contributed by atoms with E-state index in [1.807, 2.05) is 35.7 Å². The van der Waals surface area contributed by atoms with Gasteiger partial charge in [-0.05, 0) is 12.5 Å². The third-order valence-corrected chi connectivity index (χ3v) is 3.10. The van der Waals surface area contributed by atoms with Gasteiger partial charge in [0.1, 0.15) is 0 Å². The highest BCUT2D eigenvalue weighted by molar-refractivity contribution is 7.11. The van der Waals surface area contributed by atoms with Gasteiger partial charge in [-0.3, -0.25) is 0 Å². The van der Waals surface area contributed by atoms with Gasteiger partial charge in [0, 0.05) is 11.8 Å². The van der Waals surface area contributed by atoms with Crippen LogP contribution in [-0.2, 0) is 11.2 Å². The van der Waals surface area contributed by atoms with E-state index < -0.39 is 0 Å². The molecule has 0 atom stereocenters. The first-order valence-electron chi connectivity index (χ1n) is 5.45. The molecular formula is C13H13NO2S. The Bertz CT molecular complexity index is 493. The van der Waals surface area contributed by atoms with Crippen molar-refractivity contribution in [3.63, 3.8) is 0 Å². The van der Waals surface area contributed by atoms with E-state index in [2.05, 4.69) is 4.98 Å². The highest BCUT2D eigenvalue weighted by atomic mass is 32.1. The Labute approximate surface area is 104 Å². The van der Waals surface area contributed by atoms with E-state index in [4.69, 9.17) is 4.74 Å². The van der Waals surface area contributed by atoms with E-state index in [9.17, 15) is 4.79 Å². The minimum Gasteiger partial charge on any atom is -0.461 e. The number of hydrogen-bond acceptors (Lipinski definition) is 4. The molecule has 2 aromatic rings. The molecule has 88 valence electrons. The summed E-state index contributed by atoms with van der Waals surface area (Å²) in [5, 5.41) is 2.33. The minimum atomic E-state index is -0.336. The van der Waals surface area contributed by atoms with Crippen molar-refractivity contribution in [2.75, 3.05) is 6.61 Å². The van der Waals surface area contributed by atoms with E-state index in [-0.39, 0.29) is 5.97 Å². The van der Waals surface area contributed by atoms with Crippen LogP contribution in [0.3, 0.4) is 0 Å². The number of aromatic nitrogens is 1. The monoisotopic (exact) mass is 247 g/mol. The standard InChI is InChI=1S/C13H13NO2S/c1-2-16-13(15)12-14-11(9-17-12)8-10-6-4-3-5-7-10/h3-7,9H,2,8H2,1H3. The fraction of sp³-hybridized carbons (Fsp3) is 0.231. The topological polar surface area (TPSA) is 39.2 Å². The summed E-state index contributed by atoms with van der Waals surface area (Å²) in [6, 6.07) is 10.1. The molecule has 0 fully saturated rings. The van der Waals surface area contributed by atoms with Crippen LogP contribution in [0, 0.1) is 0 Å². The smallest absolute Gasteiger partial charge is 0.367 e. The zero-order chi connectivity index (χ0) is 12.1. The first-order valence-corrected chi connectivity index (χ1v) is 6.33. The van der Waals surface area contributed by atoms with Gasteiger partial charge in [0.25, 0.3) is 0 Å². The van der Waals surface area contributed by atoms with Crippen LogP contribution in [0.15, 0.2) is 35.7 Å². The van der Waals surface area contributed by atoms with E-state index in [0.717, 1.165) is 12.1 Å². The number of carbonyl (C=O) groups is 1. The van der Waals surface area contributed by atoms with Gasteiger partial charge in [-0.2, -0.15) is 0 Å². The maximum atomic E-state index is 11.4. The first kappa shape index (κ1) is 11.8. The van der Waals surface area contributed by atoms with Crippen molar-refractivity contribution in [3.05, 3.63) is 52.0 Å². The van der Waals surface area contributed by atoms with Crippen LogP contribution < -0.4 is 0 Å². The minimum absolute atomic E-state index is 0.336. The van der Waals surface area contributed by atoms with Crippen molar-refractivity contribution in [3.8, 4) is 0 Å². The zero-order valence-corrected chi connectivity index (χ0v) is 10.4. The molecule has 0 amide bonds. The number of nitrogens with zero attached hydrogens (tertiary/aromatic N) is 1. The second kappa shape index (κ2) is 5.59. The second-order valence-electron chi connectivity index (χ2n) is 3.53. The van der Waals surface area contributed by atoms with Crippen LogP contribution in [0.25, 0.3) is 0 Å². The third-order valence-electron chi connectivity index (χ3n) is 2.23. The van der Waals surface area contributed by atoms with Gasteiger partial charge in [-0.1, -0.05) is 30.3 Å². The van der Waals surface area contributed by atoms with Crippen LogP contribution in [0.5, 0.6) is 0 Å². The number of hydrogen-bond donors (Lipinski definition) is 0. The van der Waals surface area contributed by atoms with Crippen molar-refractivity contribution >= 4 is 17.3 Å². The lowest BCUT2D eigenvalue weighted by molar-refractivity contribution is 0.0525. The van der Waals surface area contributed by atoms with E-state index in [1.165, 1.54) is 16.9 Å². The number of ether oxygens (including phenoxy) is 1. The van der Waals surface area contributed by atoms with Gasteiger partial charge in [-0.15, -0.1) is 11.3 Å². The summed E-state index contributed by atoms with van der Waals surface area (Å²) in [7, 11) is 0. The molecule has 0 radical (unpaired) electrons. The Balaban J connectivity index is 2.06. The lowest BCUT2D eigenvalue weighted by atomic mass is 10.1. The zero-order valence-electron chi connectivity index (χ0n) is 9.55. The first-order chi connectivity index (χ1) is 8.29. The molecule has 1 aromatic heterocycles. The Kier molecular flexibility index (Phi) is 3.88. The lowest BCUT2D eigenvalue weighted by Gasteiger charge is -1.97. The average molecular weight is 247 g/mol. The molecule has 3 nitrogen and oxygen atoms in total. The van der Waals surface area contributed by atoms with Crippen LogP contribution in [0.2, 0.25) is 0 Å². The van der Waals surface area contributed by atoms with E-state index in [0.29, 0.717) is 11.6 Å². The number of rotatable bonds is 4. The summed E-state index contributed by atoms with van der Waals surface area (Å²) in [5.41, 5.74) is 2.09. The van der Waals surface area contributed by atoms with Gasteiger partial charge in [0.2, 0.25) is 5.01 Å². The Morgan fingerprint density at radius 1 is 1.35 bits per heavy atom. The Morgan fingerprint density at radius 3 is 2.82 bits per heavy atom. The molecule has 1 heterocycles. The third kappa shape index (κ3) is 3.14. The summed E-state index contributed by atoms with van der Waals surface area (Å²) >= 11 is 1.33. The molecule has 0 aliphatic carbocycles. The predicted octanol–water partition coefficient (Wildman–Crippen LogP) is 2.91. The molecule has 0 saturated carbocycles. The summed E-state index contributed by atoms with van der Waals surface area (Å²) in [6.07, 6.45) is 0.747. The summed E-state index contributed by atoms with van der Waals surface area (Å²) in [6.45, 7) is 2.17. The highest BCUT2D eigenvalue weighted by Gasteiger charge is 2.11. The maximum Gasteiger partial charge on any atom is 0.367 e. The molecule has 0 unspecified atom stereocenters. The van der Waals surface area contributed by atoms with Gasteiger partial charge in [0.15, 0.2) is 0 Å². The fourth-order valence-corrected chi connectivity index (χ4v) is 2.19. The van der Waals surface area contributed by atoms with E-state index in [1.54, 1.807) is 6.92 Å². The largest absolute Gasteiger partial charge is 0.461 e. The molecule has 0 aliphatic rings. The van der Waals surface area contributed by atoms with Gasteiger partial charge < -0.3 is 4.74 Å². The number of thiazole rings is 1. The molecule has 0 bridgehead atoms. The fourth-order valence-electron chi connectivity index (χ4n) is 1.48. The molecule has 17 heavy (non-hydrogen) atoms.